The molecule has 0 saturated carbocycles. The topological polar surface area (TPSA) is 73.2 Å². The molecule has 27 heavy (non-hydrogen) atoms. The zero-order valence-electron chi connectivity index (χ0n) is 15.1. The number of carbonyl (C=O) groups is 2. The number of aryl methyl sites for hydroxylation is 1. The number of anilines is 1. The van der Waals surface area contributed by atoms with E-state index in [1.165, 1.54) is 6.08 Å². The van der Waals surface area contributed by atoms with E-state index in [9.17, 15) is 9.59 Å². The number of esters is 1. The van der Waals surface area contributed by atoms with E-state index >= 15 is 0 Å². The molecule has 6 heteroatoms. The molecule has 138 valence electrons. The first-order chi connectivity index (χ1) is 13.2. The van der Waals surface area contributed by atoms with Crippen molar-refractivity contribution in [2.45, 2.75) is 19.9 Å². The second kappa shape index (κ2) is 8.80. The number of fused-ring (bicyclic) bond motifs is 1. The summed E-state index contributed by atoms with van der Waals surface area (Å²) in [5.41, 5.74) is 3.50. The minimum Gasteiger partial charge on any atom is -0.463 e. The second-order valence-corrected chi connectivity index (χ2v) is 5.93. The molecule has 0 aliphatic rings. The van der Waals surface area contributed by atoms with Crippen molar-refractivity contribution in [1.29, 1.82) is 0 Å². The Labute approximate surface area is 157 Å². The quantitative estimate of drug-likeness (QED) is 0.514. The van der Waals surface area contributed by atoms with Crippen molar-refractivity contribution >= 4 is 34.7 Å². The minimum atomic E-state index is -0.373. The molecular formula is C21H21N3O3. The van der Waals surface area contributed by atoms with Crippen LogP contribution in [0.25, 0.3) is 17.1 Å². The average molecular weight is 363 g/mol. The third kappa shape index (κ3) is 5.04. The lowest BCUT2D eigenvalue weighted by Gasteiger charge is -2.07. The van der Waals surface area contributed by atoms with Crippen LogP contribution in [0.5, 0.6) is 0 Å². The highest BCUT2D eigenvalue weighted by Crippen LogP contribution is 2.14. The predicted molar refractivity (Wildman–Crippen MR) is 105 cm³/mol. The van der Waals surface area contributed by atoms with E-state index in [0.29, 0.717) is 25.3 Å². The van der Waals surface area contributed by atoms with Crippen LogP contribution in [0.2, 0.25) is 0 Å². The molecule has 0 atom stereocenters. The molecule has 3 aromatic rings. The van der Waals surface area contributed by atoms with Gasteiger partial charge in [0.2, 0.25) is 5.91 Å². The summed E-state index contributed by atoms with van der Waals surface area (Å²) in [7, 11) is 0. The van der Waals surface area contributed by atoms with Crippen LogP contribution in [0, 0.1) is 0 Å². The van der Waals surface area contributed by atoms with Gasteiger partial charge in [-0.05, 0) is 42.8 Å². The molecule has 3 rings (SSSR count). The molecule has 0 unspecified atom stereocenters. The Hall–Kier alpha value is -3.41. The number of para-hydroxylation sites is 2. The van der Waals surface area contributed by atoms with Gasteiger partial charge in [-0.25, -0.2) is 9.78 Å². The first-order valence-corrected chi connectivity index (χ1v) is 8.80. The molecule has 1 amide bonds. The van der Waals surface area contributed by atoms with Gasteiger partial charge in [-0.15, -0.1) is 0 Å². The van der Waals surface area contributed by atoms with Crippen LogP contribution < -0.4 is 5.32 Å². The van der Waals surface area contributed by atoms with E-state index in [-0.39, 0.29) is 11.9 Å². The number of ether oxygens (including phenoxy) is 1. The second-order valence-electron chi connectivity index (χ2n) is 5.93. The van der Waals surface area contributed by atoms with Gasteiger partial charge in [-0.3, -0.25) is 4.79 Å². The fraction of sp³-hybridized carbons (Fsp3) is 0.190. The molecule has 0 saturated heterocycles. The zero-order valence-corrected chi connectivity index (χ0v) is 15.1. The lowest BCUT2D eigenvalue weighted by molar-refractivity contribution is -0.137. The van der Waals surface area contributed by atoms with Gasteiger partial charge in [0.25, 0.3) is 0 Å². The van der Waals surface area contributed by atoms with E-state index in [0.717, 1.165) is 16.6 Å². The van der Waals surface area contributed by atoms with E-state index in [4.69, 9.17) is 4.74 Å². The van der Waals surface area contributed by atoms with Crippen LogP contribution in [0.15, 0.2) is 60.9 Å². The standard InChI is InChI=1S/C21H21N3O3/c1-2-27-21(26)12-9-16-7-10-17(11-8-16)23-20(25)13-14-24-15-22-18-5-3-4-6-19(18)24/h3-12,15H,2,13-14H2,1H3,(H,23,25)/b12-9+. The smallest absolute Gasteiger partial charge is 0.330 e. The third-order valence-corrected chi connectivity index (χ3v) is 4.00. The molecule has 6 nitrogen and oxygen atoms in total. The fourth-order valence-electron chi connectivity index (χ4n) is 2.67. The number of nitrogens with one attached hydrogen (secondary N) is 1. The van der Waals surface area contributed by atoms with Crippen molar-refractivity contribution in [3.05, 3.63) is 66.5 Å². The largest absolute Gasteiger partial charge is 0.463 e. The van der Waals surface area contributed by atoms with Crippen LogP contribution in [-0.4, -0.2) is 28.0 Å². The maximum absolute atomic E-state index is 12.2. The van der Waals surface area contributed by atoms with Gasteiger partial charge in [0.15, 0.2) is 0 Å². The molecule has 0 aliphatic carbocycles. The Kier molecular flexibility index (Phi) is 5.99. The number of nitrogens with zero attached hydrogens (tertiary/aromatic N) is 2. The summed E-state index contributed by atoms with van der Waals surface area (Å²) in [6, 6.07) is 15.1. The van der Waals surface area contributed by atoms with Gasteiger partial charge in [0.1, 0.15) is 0 Å². The maximum atomic E-state index is 12.2. The molecule has 0 radical (unpaired) electrons. The molecule has 1 N–H and O–H groups in total. The van der Waals surface area contributed by atoms with Gasteiger partial charge in [0, 0.05) is 24.7 Å². The number of carbonyl (C=O) groups excluding carboxylic acids is 2. The van der Waals surface area contributed by atoms with Crippen molar-refractivity contribution in [1.82, 2.24) is 9.55 Å². The first-order valence-electron chi connectivity index (χ1n) is 8.80. The SMILES string of the molecule is CCOC(=O)/C=C/c1ccc(NC(=O)CCn2cnc3ccccc32)cc1. The Bertz CT molecular complexity index is 958. The number of amides is 1. The summed E-state index contributed by atoms with van der Waals surface area (Å²) in [5, 5.41) is 2.88. The Morgan fingerprint density at radius 2 is 1.93 bits per heavy atom. The van der Waals surface area contributed by atoms with Crippen LogP contribution in [0.4, 0.5) is 5.69 Å². The van der Waals surface area contributed by atoms with Crippen LogP contribution >= 0.6 is 0 Å². The van der Waals surface area contributed by atoms with Gasteiger partial charge in [-0.2, -0.15) is 0 Å². The van der Waals surface area contributed by atoms with Gasteiger partial charge >= 0.3 is 5.97 Å². The minimum absolute atomic E-state index is 0.0670. The highest BCUT2D eigenvalue weighted by Gasteiger charge is 2.06. The van der Waals surface area contributed by atoms with Gasteiger partial charge < -0.3 is 14.6 Å². The summed E-state index contributed by atoms with van der Waals surface area (Å²) < 4.78 is 6.81. The molecule has 1 aromatic heterocycles. The number of aromatic nitrogens is 2. The maximum Gasteiger partial charge on any atom is 0.330 e. The van der Waals surface area contributed by atoms with Crippen LogP contribution in [-0.2, 0) is 20.9 Å². The van der Waals surface area contributed by atoms with E-state index in [1.807, 2.05) is 41.0 Å². The van der Waals surface area contributed by atoms with E-state index < -0.39 is 0 Å². The fourth-order valence-corrected chi connectivity index (χ4v) is 2.67. The molecule has 2 aromatic carbocycles. The van der Waals surface area contributed by atoms with E-state index in [2.05, 4.69) is 10.3 Å². The first kappa shape index (κ1) is 18.4. The average Bonchev–Trinajstić information content (AvgIpc) is 3.09. The summed E-state index contributed by atoms with van der Waals surface area (Å²) in [5.74, 6) is -0.440. The number of hydrogen-bond donors (Lipinski definition) is 1. The zero-order chi connectivity index (χ0) is 19.1. The number of imidazole rings is 1. The molecule has 1 heterocycles. The van der Waals surface area contributed by atoms with Crippen molar-refractivity contribution in [2.24, 2.45) is 0 Å². The van der Waals surface area contributed by atoms with E-state index in [1.54, 1.807) is 31.5 Å². The predicted octanol–water partition coefficient (Wildman–Crippen LogP) is 3.64. The lowest BCUT2D eigenvalue weighted by Crippen LogP contribution is -2.14. The van der Waals surface area contributed by atoms with Gasteiger partial charge in [0.05, 0.1) is 24.0 Å². The van der Waals surface area contributed by atoms with Crippen molar-refractivity contribution in [2.75, 3.05) is 11.9 Å². The molecule has 0 spiro atoms. The Morgan fingerprint density at radius 3 is 2.70 bits per heavy atom. The highest BCUT2D eigenvalue weighted by atomic mass is 16.5. The lowest BCUT2D eigenvalue weighted by atomic mass is 10.2. The molecule has 0 aliphatic heterocycles. The summed E-state index contributed by atoms with van der Waals surface area (Å²) >= 11 is 0. The normalized spacial score (nSPS) is 11.0. The third-order valence-electron chi connectivity index (χ3n) is 4.00. The van der Waals surface area contributed by atoms with Crippen LogP contribution in [0.1, 0.15) is 18.9 Å². The van der Waals surface area contributed by atoms with Gasteiger partial charge in [-0.1, -0.05) is 24.3 Å². The monoisotopic (exact) mass is 363 g/mol. The Balaban J connectivity index is 1.52. The van der Waals surface area contributed by atoms with Crippen LogP contribution in [0.3, 0.4) is 0 Å². The summed E-state index contributed by atoms with van der Waals surface area (Å²) in [6.45, 7) is 2.67. The van der Waals surface area contributed by atoms with Crippen molar-refractivity contribution in [3.63, 3.8) is 0 Å². The molecule has 0 bridgehead atoms. The summed E-state index contributed by atoms with van der Waals surface area (Å²) in [6.07, 6.45) is 5.16. The number of hydrogen-bond acceptors (Lipinski definition) is 4. The number of benzene rings is 2. The molecular weight excluding hydrogens is 342 g/mol. The highest BCUT2D eigenvalue weighted by molar-refractivity contribution is 5.91. The van der Waals surface area contributed by atoms with Crippen molar-refractivity contribution < 1.29 is 14.3 Å². The number of rotatable bonds is 7. The molecule has 0 fully saturated rings. The van der Waals surface area contributed by atoms with Crippen molar-refractivity contribution in [3.8, 4) is 0 Å². The summed E-state index contributed by atoms with van der Waals surface area (Å²) in [4.78, 5) is 27.8. The Morgan fingerprint density at radius 1 is 1.15 bits per heavy atom.